The van der Waals surface area contributed by atoms with E-state index in [1.54, 1.807) is 13.4 Å². The van der Waals surface area contributed by atoms with Gasteiger partial charge in [-0.15, -0.1) is 0 Å². The first-order valence-electron chi connectivity index (χ1n) is 12.0. The lowest BCUT2D eigenvalue weighted by atomic mass is 10.2. The van der Waals surface area contributed by atoms with Gasteiger partial charge in [0.05, 0.1) is 17.5 Å². The number of anilines is 2. The average Bonchev–Trinajstić information content (AvgIpc) is 3.76. The summed E-state index contributed by atoms with van der Waals surface area (Å²) in [6.45, 7) is 4.47. The second kappa shape index (κ2) is 8.04. The zero-order valence-corrected chi connectivity index (χ0v) is 21.1. The van der Waals surface area contributed by atoms with Gasteiger partial charge in [0.25, 0.3) is 11.8 Å². The van der Waals surface area contributed by atoms with E-state index in [9.17, 15) is 9.59 Å². The highest BCUT2D eigenvalue weighted by Gasteiger charge is 2.43. The van der Waals surface area contributed by atoms with Crippen molar-refractivity contribution >= 4 is 56.2 Å². The SMILES string of the molecule is CCn1c(C(=O)N(C2CC2)C2CC2)cc2c3c(ncn3C)c(Nc3nc(C)c(C(=O)NC)s3)nc21. The molecule has 35 heavy (non-hydrogen) atoms. The molecule has 2 N–H and O–H groups in total. The number of thiazole rings is 1. The first kappa shape index (κ1) is 22.0. The van der Waals surface area contributed by atoms with Crippen LogP contribution in [0, 0.1) is 6.92 Å². The second-order valence-electron chi connectivity index (χ2n) is 9.34. The molecule has 0 saturated heterocycles. The summed E-state index contributed by atoms with van der Waals surface area (Å²) < 4.78 is 3.97. The predicted molar refractivity (Wildman–Crippen MR) is 135 cm³/mol. The maximum atomic E-state index is 13.7. The molecule has 2 amide bonds. The molecule has 10 nitrogen and oxygen atoms in total. The lowest BCUT2D eigenvalue weighted by Crippen LogP contribution is -2.36. The van der Waals surface area contributed by atoms with Crippen LogP contribution in [0.5, 0.6) is 0 Å². The topological polar surface area (TPSA) is 110 Å². The Morgan fingerprint density at radius 1 is 1.20 bits per heavy atom. The molecule has 0 aliphatic heterocycles. The van der Waals surface area contributed by atoms with Crippen LogP contribution >= 0.6 is 11.3 Å². The van der Waals surface area contributed by atoms with Crippen LogP contribution < -0.4 is 10.6 Å². The molecule has 182 valence electrons. The van der Waals surface area contributed by atoms with Crippen LogP contribution in [0.15, 0.2) is 12.4 Å². The summed E-state index contributed by atoms with van der Waals surface area (Å²) in [6, 6.07) is 2.74. The van der Waals surface area contributed by atoms with Crippen molar-refractivity contribution in [3.8, 4) is 0 Å². The third-order valence-electron chi connectivity index (χ3n) is 6.81. The number of pyridine rings is 1. The van der Waals surface area contributed by atoms with Gasteiger partial charge in [-0.2, -0.15) is 0 Å². The molecule has 0 unspecified atom stereocenters. The van der Waals surface area contributed by atoms with Crippen LogP contribution in [-0.2, 0) is 13.6 Å². The van der Waals surface area contributed by atoms with Crippen LogP contribution in [0.4, 0.5) is 10.9 Å². The molecule has 2 saturated carbocycles. The summed E-state index contributed by atoms with van der Waals surface area (Å²) in [5, 5.41) is 7.42. The highest BCUT2D eigenvalue weighted by Crippen LogP contribution is 2.40. The molecular weight excluding hydrogens is 464 g/mol. The first-order chi connectivity index (χ1) is 16.9. The summed E-state index contributed by atoms with van der Waals surface area (Å²) in [6.07, 6.45) is 6.14. The number of imidazole rings is 1. The zero-order chi connectivity index (χ0) is 24.4. The van der Waals surface area contributed by atoms with Gasteiger partial charge in [0, 0.05) is 38.1 Å². The Morgan fingerprint density at radius 2 is 1.91 bits per heavy atom. The Bertz CT molecular complexity index is 1480. The van der Waals surface area contributed by atoms with Crippen LogP contribution in [0.1, 0.15) is 58.5 Å². The van der Waals surface area contributed by atoms with Crippen LogP contribution in [0.25, 0.3) is 22.1 Å². The number of aryl methyl sites for hydroxylation is 3. The van der Waals surface area contributed by atoms with E-state index >= 15 is 0 Å². The van der Waals surface area contributed by atoms with Gasteiger partial charge in [-0.25, -0.2) is 15.0 Å². The lowest BCUT2D eigenvalue weighted by Gasteiger charge is -2.22. The molecule has 0 radical (unpaired) electrons. The molecule has 0 spiro atoms. The molecular formula is C24H28N8O2S. The van der Waals surface area contributed by atoms with E-state index in [2.05, 4.69) is 25.5 Å². The van der Waals surface area contributed by atoms with Gasteiger partial charge in [0.15, 0.2) is 10.9 Å². The Labute approximate surface area is 206 Å². The molecule has 2 aliphatic rings. The largest absolute Gasteiger partial charge is 0.354 e. The maximum Gasteiger partial charge on any atom is 0.271 e. The fourth-order valence-electron chi connectivity index (χ4n) is 4.84. The Hall–Kier alpha value is -3.47. The molecule has 4 aromatic rings. The van der Waals surface area contributed by atoms with E-state index in [1.807, 2.05) is 36.1 Å². The Morgan fingerprint density at radius 3 is 2.54 bits per heavy atom. The predicted octanol–water partition coefficient (Wildman–Crippen LogP) is 3.58. The van der Waals surface area contributed by atoms with Gasteiger partial charge in [-0.05, 0) is 45.6 Å². The molecule has 11 heteroatoms. The number of carbonyl (C=O) groups is 2. The van der Waals surface area contributed by atoms with E-state index in [1.165, 1.54) is 11.3 Å². The van der Waals surface area contributed by atoms with Gasteiger partial charge in [0.1, 0.15) is 21.7 Å². The molecule has 4 aromatic heterocycles. The molecule has 0 bridgehead atoms. The van der Waals surface area contributed by atoms with Crippen LogP contribution in [-0.4, -0.2) is 59.9 Å². The summed E-state index contributed by atoms with van der Waals surface area (Å²) in [5.74, 6) is 0.488. The molecule has 2 aliphatic carbocycles. The highest BCUT2D eigenvalue weighted by atomic mass is 32.1. The van der Waals surface area contributed by atoms with Crippen LogP contribution in [0.3, 0.4) is 0 Å². The van der Waals surface area contributed by atoms with E-state index in [4.69, 9.17) is 4.98 Å². The van der Waals surface area contributed by atoms with Crippen molar-refractivity contribution in [3.05, 3.63) is 28.7 Å². The first-order valence-corrected chi connectivity index (χ1v) is 12.9. The molecule has 0 aromatic carbocycles. The number of fused-ring (bicyclic) bond motifs is 3. The standard InChI is InChI=1S/C24H28N8O2S/c1-5-31-16(23(34)32(13-6-7-13)14-8-9-14)10-15-18-17(26-11-30(18)4)20(28-21(15)31)29-24-27-12(2)19(35-24)22(33)25-3/h10-11,13-14H,5-9H2,1-4H3,(H,25,33)(H,27,28,29). The minimum absolute atomic E-state index is 0.102. The fourth-order valence-corrected chi connectivity index (χ4v) is 5.75. The summed E-state index contributed by atoms with van der Waals surface area (Å²) in [7, 11) is 3.55. The van der Waals surface area contributed by atoms with E-state index < -0.39 is 0 Å². The van der Waals surface area contributed by atoms with Crippen molar-refractivity contribution in [2.24, 2.45) is 7.05 Å². The monoisotopic (exact) mass is 492 g/mol. The van der Waals surface area contributed by atoms with E-state index in [-0.39, 0.29) is 11.8 Å². The normalized spacial score (nSPS) is 15.7. The number of nitrogens with zero attached hydrogens (tertiary/aromatic N) is 6. The third kappa shape index (κ3) is 3.56. The smallest absolute Gasteiger partial charge is 0.271 e. The second-order valence-corrected chi connectivity index (χ2v) is 10.3. The fraction of sp³-hybridized carbons (Fsp3) is 0.458. The third-order valence-corrected chi connectivity index (χ3v) is 7.88. The number of amides is 2. The minimum Gasteiger partial charge on any atom is -0.354 e. The van der Waals surface area contributed by atoms with Crippen molar-refractivity contribution in [1.82, 2.24) is 34.3 Å². The van der Waals surface area contributed by atoms with Gasteiger partial charge in [-0.3, -0.25) is 9.59 Å². The van der Waals surface area contributed by atoms with E-state index in [0.29, 0.717) is 51.4 Å². The summed E-state index contributed by atoms with van der Waals surface area (Å²) in [4.78, 5) is 42.6. The Kier molecular flexibility index (Phi) is 5.06. The average molecular weight is 493 g/mol. The molecule has 6 rings (SSSR count). The Balaban J connectivity index is 1.48. The van der Waals surface area contributed by atoms with Crippen molar-refractivity contribution < 1.29 is 9.59 Å². The van der Waals surface area contributed by atoms with Gasteiger partial charge in [-0.1, -0.05) is 11.3 Å². The van der Waals surface area contributed by atoms with E-state index in [0.717, 1.165) is 42.2 Å². The number of hydrogen-bond donors (Lipinski definition) is 2. The summed E-state index contributed by atoms with van der Waals surface area (Å²) >= 11 is 1.28. The van der Waals surface area contributed by atoms with Gasteiger partial charge in [0.2, 0.25) is 0 Å². The van der Waals surface area contributed by atoms with Crippen molar-refractivity contribution in [2.75, 3.05) is 12.4 Å². The molecule has 2 fully saturated rings. The highest BCUT2D eigenvalue weighted by molar-refractivity contribution is 7.17. The number of rotatable bonds is 7. The van der Waals surface area contributed by atoms with Gasteiger partial charge < -0.3 is 24.7 Å². The minimum atomic E-state index is -0.168. The van der Waals surface area contributed by atoms with Crippen LogP contribution in [0.2, 0.25) is 0 Å². The quantitative estimate of drug-likeness (QED) is 0.408. The lowest BCUT2D eigenvalue weighted by molar-refractivity contribution is 0.0719. The number of carbonyl (C=O) groups excluding carboxylic acids is 2. The number of hydrogen-bond acceptors (Lipinski definition) is 7. The van der Waals surface area contributed by atoms with Crippen molar-refractivity contribution in [1.29, 1.82) is 0 Å². The molecule has 0 atom stereocenters. The maximum absolute atomic E-state index is 13.7. The summed E-state index contributed by atoms with van der Waals surface area (Å²) in [5.41, 5.74) is 3.67. The number of nitrogens with one attached hydrogen (secondary N) is 2. The zero-order valence-electron chi connectivity index (χ0n) is 20.3. The molecule has 4 heterocycles. The van der Waals surface area contributed by atoms with Crippen molar-refractivity contribution in [3.63, 3.8) is 0 Å². The van der Waals surface area contributed by atoms with Crippen molar-refractivity contribution in [2.45, 2.75) is 58.2 Å². The van der Waals surface area contributed by atoms with Gasteiger partial charge >= 0.3 is 0 Å². The number of aromatic nitrogens is 5.